The van der Waals surface area contributed by atoms with Gasteiger partial charge >= 0.3 is 0 Å². The summed E-state index contributed by atoms with van der Waals surface area (Å²) >= 11 is 3.46. The van der Waals surface area contributed by atoms with Crippen LogP contribution in [0.5, 0.6) is 5.75 Å². The third kappa shape index (κ3) is 2.02. The van der Waals surface area contributed by atoms with Gasteiger partial charge in [0.15, 0.2) is 6.61 Å². The number of nitrogens with zero attached hydrogens (tertiary/aromatic N) is 2. The van der Waals surface area contributed by atoms with Gasteiger partial charge in [0, 0.05) is 12.6 Å². The summed E-state index contributed by atoms with van der Waals surface area (Å²) in [5.41, 5.74) is 2.64. The van der Waals surface area contributed by atoms with E-state index in [2.05, 4.69) is 26.2 Å². The standard InChI is InChI=1S/C13H12BrN3O2/c1-7-15-13(14)12(17(7)2)8-3-4-10-9(5-8)16-11(18)6-19-10/h3-5H,6H2,1-2H3,(H,16,18). The first-order valence-corrected chi connectivity index (χ1v) is 6.61. The molecule has 0 unspecified atom stereocenters. The molecule has 3 rings (SSSR count). The molecule has 0 saturated heterocycles. The van der Waals surface area contributed by atoms with Gasteiger partial charge in [-0.2, -0.15) is 0 Å². The average Bonchev–Trinajstić information content (AvgIpc) is 2.62. The molecule has 1 aliphatic rings. The van der Waals surface area contributed by atoms with Gasteiger partial charge in [-0.25, -0.2) is 4.98 Å². The number of nitrogens with one attached hydrogen (secondary N) is 1. The van der Waals surface area contributed by atoms with Crippen LogP contribution in [0.25, 0.3) is 11.3 Å². The van der Waals surface area contributed by atoms with E-state index in [1.807, 2.05) is 36.7 Å². The summed E-state index contributed by atoms with van der Waals surface area (Å²) in [5.74, 6) is 1.48. The second kappa shape index (κ2) is 4.38. The van der Waals surface area contributed by atoms with Crippen LogP contribution in [0, 0.1) is 6.92 Å². The zero-order valence-electron chi connectivity index (χ0n) is 10.5. The molecule has 1 aliphatic heterocycles. The Morgan fingerprint density at radius 1 is 1.47 bits per heavy atom. The van der Waals surface area contributed by atoms with Crippen LogP contribution in [0.3, 0.4) is 0 Å². The summed E-state index contributed by atoms with van der Waals surface area (Å²) in [6.45, 7) is 2.01. The van der Waals surface area contributed by atoms with Crippen molar-refractivity contribution in [1.82, 2.24) is 9.55 Å². The molecule has 2 heterocycles. The zero-order chi connectivity index (χ0) is 13.6. The van der Waals surface area contributed by atoms with Gasteiger partial charge in [-0.15, -0.1) is 0 Å². The Kier molecular flexibility index (Phi) is 2.82. The molecule has 1 amide bonds. The number of aromatic nitrogens is 2. The highest BCUT2D eigenvalue weighted by Gasteiger charge is 2.18. The van der Waals surface area contributed by atoms with Crippen molar-refractivity contribution in [1.29, 1.82) is 0 Å². The van der Waals surface area contributed by atoms with E-state index in [1.165, 1.54) is 0 Å². The first kappa shape index (κ1) is 12.2. The number of imidazole rings is 1. The molecule has 0 bridgehead atoms. The topological polar surface area (TPSA) is 56.1 Å². The second-order valence-corrected chi connectivity index (χ2v) is 5.16. The third-order valence-corrected chi connectivity index (χ3v) is 3.71. The van der Waals surface area contributed by atoms with E-state index in [0.29, 0.717) is 11.4 Å². The van der Waals surface area contributed by atoms with E-state index in [9.17, 15) is 4.79 Å². The molecule has 6 heteroatoms. The van der Waals surface area contributed by atoms with Crippen LogP contribution in [-0.4, -0.2) is 22.1 Å². The van der Waals surface area contributed by atoms with Gasteiger partial charge in [0.05, 0.1) is 11.4 Å². The van der Waals surface area contributed by atoms with E-state index in [1.54, 1.807) is 0 Å². The van der Waals surface area contributed by atoms with Gasteiger partial charge in [0.1, 0.15) is 16.2 Å². The van der Waals surface area contributed by atoms with Crippen LogP contribution in [-0.2, 0) is 11.8 Å². The van der Waals surface area contributed by atoms with Crippen LogP contribution in [0.4, 0.5) is 5.69 Å². The number of carbonyl (C=O) groups excluding carboxylic acids is 1. The molecular weight excluding hydrogens is 310 g/mol. The molecule has 2 aromatic rings. The third-order valence-electron chi connectivity index (χ3n) is 3.16. The minimum Gasteiger partial charge on any atom is -0.482 e. The van der Waals surface area contributed by atoms with Gasteiger partial charge in [-0.05, 0) is 41.1 Å². The second-order valence-electron chi connectivity index (χ2n) is 4.41. The van der Waals surface area contributed by atoms with Crippen molar-refractivity contribution in [2.45, 2.75) is 6.92 Å². The van der Waals surface area contributed by atoms with Gasteiger partial charge in [0.2, 0.25) is 0 Å². The predicted octanol–water partition coefficient (Wildman–Crippen LogP) is 2.49. The van der Waals surface area contributed by atoms with E-state index in [0.717, 1.165) is 21.7 Å². The van der Waals surface area contributed by atoms with Crippen LogP contribution < -0.4 is 10.1 Å². The van der Waals surface area contributed by atoms with Crippen molar-refractivity contribution >= 4 is 27.5 Å². The van der Waals surface area contributed by atoms with Crippen LogP contribution in [0.1, 0.15) is 5.82 Å². The first-order valence-electron chi connectivity index (χ1n) is 5.82. The number of amides is 1. The van der Waals surface area contributed by atoms with Crippen molar-refractivity contribution in [3.8, 4) is 17.0 Å². The van der Waals surface area contributed by atoms with Gasteiger partial charge in [0.25, 0.3) is 5.91 Å². The fraction of sp³-hybridized carbons (Fsp3) is 0.231. The summed E-state index contributed by atoms with van der Waals surface area (Å²) in [6, 6.07) is 5.71. The van der Waals surface area contributed by atoms with Crippen molar-refractivity contribution in [2.24, 2.45) is 7.05 Å². The highest BCUT2D eigenvalue weighted by molar-refractivity contribution is 9.10. The summed E-state index contributed by atoms with van der Waals surface area (Å²) in [6.07, 6.45) is 0. The first-order chi connectivity index (χ1) is 9.06. The number of fused-ring (bicyclic) bond motifs is 1. The highest BCUT2D eigenvalue weighted by atomic mass is 79.9. The maximum Gasteiger partial charge on any atom is 0.262 e. The maximum absolute atomic E-state index is 11.3. The molecule has 1 aromatic heterocycles. The maximum atomic E-state index is 11.3. The summed E-state index contributed by atoms with van der Waals surface area (Å²) in [7, 11) is 1.96. The number of ether oxygens (including phenoxy) is 1. The lowest BCUT2D eigenvalue weighted by atomic mass is 10.1. The molecule has 1 N–H and O–H groups in total. The normalized spacial score (nSPS) is 13.7. The molecule has 0 saturated carbocycles. The number of anilines is 1. The number of hydrogen-bond donors (Lipinski definition) is 1. The Morgan fingerprint density at radius 2 is 2.26 bits per heavy atom. The lowest BCUT2D eigenvalue weighted by molar-refractivity contribution is -0.118. The van der Waals surface area contributed by atoms with Crippen molar-refractivity contribution < 1.29 is 9.53 Å². The predicted molar refractivity (Wildman–Crippen MR) is 75.2 cm³/mol. The van der Waals surface area contributed by atoms with E-state index in [4.69, 9.17) is 4.74 Å². The number of rotatable bonds is 1. The van der Waals surface area contributed by atoms with Gasteiger partial charge in [-0.1, -0.05) is 0 Å². The smallest absolute Gasteiger partial charge is 0.262 e. The Labute approximate surface area is 118 Å². The molecule has 1 aromatic carbocycles. The molecule has 5 nitrogen and oxygen atoms in total. The highest BCUT2D eigenvalue weighted by Crippen LogP contribution is 2.35. The van der Waals surface area contributed by atoms with Crippen molar-refractivity contribution in [3.05, 3.63) is 28.6 Å². The Morgan fingerprint density at radius 3 is 2.95 bits per heavy atom. The molecule has 19 heavy (non-hydrogen) atoms. The number of benzene rings is 1. The summed E-state index contributed by atoms with van der Waals surface area (Å²) in [5, 5.41) is 2.81. The van der Waals surface area contributed by atoms with Gasteiger partial charge in [-0.3, -0.25) is 4.79 Å². The zero-order valence-corrected chi connectivity index (χ0v) is 12.1. The van der Waals surface area contributed by atoms with Crippen LogP contribution >= 0.6 is 15.9 Å². The minimum atomic E-state index is -0.134. The molecular formula is C13H12BrN3O2. The Hall–Kier alpha value is -1.82. The molecule has 0 aliphatic carbocycles. The minimum absolute atomic E-state index is 0.0703. The molecule has 0 spiro atoms. The Bertz CT molecular complexity index is 679. The van der Waals surface area contributed by atoms with E-state index < -0.39 is 0 Å². The number of halogens is 1. The number of carbonyl (C=O) groups is 1. The molecule has 98 valence electrons. The molecule has 0 atom stereocenters. The van der Waals surface area contributed by atoms with Crippen LogP contribution in [0.2, 0.25) is 0 Å². The van der Waals surface area contributed by atoms with Crippen molar-refractivity contribution in [3.63, 3.8) is 0 Å². The van der Waals surface area contributed by atoms with Gasteiger partial charge < -0.3 is 14.6 Å². The number of aryl methyl sites for hydroxylation is 1. The SMILES string of the molecule is Cc1nc(Br)c(-c2ccc3c(c2)NC(=O)CO3)n1C. The quantitative estimate of drug-likeness (QED) is 0.878. The lowest BCUT2D eigenvalue weighted by Crippen LogP contribution is -2.25. The average molecular weight is 322 g/mol. The van der Waals surface area contributed by atoms with E-state index >= 15 is 0 Å². The lowest BCUT2D eigenvalue weighted by Gasteiger charge is -2.18. The monoisotopic (exact) mass is 321 g/mol. The Balaban J connectivity index is 2.11. The number of hydrogen-bond acceptors (Lipinski definition) is 3. The fourth-order valence-electron chi connectivity index (χ4n) is 2.11. The van der Waals surface area contributed by atoms with E-state index in [-0.39, 0.29) is 12.5 Å². The van der Waals surface area contributed by atoms with Crippen molar-refractivity contribution in [2.75, 3.05) is 11.9 Å². The largest absolute Gasteiger partial charge is 0.482 e. The fourth-order valence-corrected chi connectivity index (χ4v) is 2.86. The summed E-state index contributed by atoms with van der Waals surface area (Å²) < 4.78 is 8.13. The van der Waals surface area contributed by atoms with Crippen LogP contribution in [0.15, 0.2) is 22.8 Å². The summed E-state index contributed by atoms with van der Waals surface area (Å²) in [4.78, 5) is 15.7. The molecule has 0 fully saturated rings. The molecule has 0 radical (unpaired) electrons.